The molecule has 114 valence electrons. The minimum absolute atomic E-state index is 0.0613. The molecule has 0 aliphatic heterocycles. The maximum atomic E-state index is 12.3. The molecule has 0 N–H and O–H groups in total. The topological polar surface area (TPSA) is 35.5 Å². The van der Waals surface area contributed by atoms with Crippen molar-refractivity contribution in [3.05, 3.63) is 59.7 Å². The Morgan fingerprint density at radius 3 is 2.59 bits per heavy atom. The van der Waals surface area contributed by atoms with Crippen molar-refractivity contribution in [1.82, 2.24) is 0 Å². The summed E-state index contributed by atoms with van der Waals surface area (Å²) in [4.78, 5) is 13.3. The lowest BCUT2D eigenvalue weighted by Crippen LogP contribution is -1.96. The number of carbonyl (C=O) groups excluding carboxylic acids is 1. The van der Waals surface area contributed by atoms with Crippen molar-refractivity contribution < 1.29 is 14.3 Å². The lowest BCUT2D eigenvalue weighted by atomic mass is 10.1. The maximum absolute atomic E-state index is 12.3. The molecule has 0 radical (unpaired) electrons. The number of carbonyl (C=O) groups is 1. The Morgan fingerprint density at radius 2 is 1.91 bits per heavy atom. The molecule has 22 heavy (non-hydrogen) atoms. The Hall–Kier alpha value is -2.20. The molecule has 0 saturated heterocycles. The molecule has 0 aliphatic carbocycles. The molecule has 0 aromatic heterocycles. The molecular formula is C18H18O3S. The predicted molar refractivity (Wildman–Crippen MR) is 91.1 cm³/mol. The van der Waals surface area contributed by atoms with Gasteiger partial charge in [0.15, 0.2) is 5.78 Å². The average Bonchev–Trinajstić information content (AvgIpc) is 2.59. The van der Waals surface area contributed by atoms with E-state index in [0.29, 0.717) is 11.3 Å². The number of methoxy groups -OCH3 is 2. The Kier molecular flexibility index (Phi) is 5.67. The molecule has 0 heterocycles. The van der Waals surface area contributed by atoms with Gasteiger partial charge in [0.2, 0.25) is 0 Å². The van der Waals surface area contributed by atoms with Crippen LogP contribution in [-0.2, 0) is 0 Å². The van der Waals surface area contributed by atoms with Gasteiger partial charge in [-0.2, -0.15) is 0 Å². The standard InChI is InChI=1S/C18H18O3S/c1-20-15-6-4-5-13(11-15)7-9-16(19)14-8-10-18(22-3)17(12-14)21-2/h4-12H,1-3H3. The van der Waals surface area contributed by atoms with Gasteiger partial charge in [-0.1, -0.05) is 18.2 Å². The number of thioether (sulfide) groups is 1. The molecule has 0 atom stereocenters. The van der Waals surface area contributed by atoms with Crippen molar-refractivity contribution in [1.29, 1.82) is 0 Å². The van der Waals surface area contributed by atoms with Gasteiger partial charge in [0.25, 0.3) is 0 Å². The van der Waals surface area contributed by atoms with Gasteiger partial charge < -0.3 is 9.47 Å². The van der Waals surface area contributed by atoms with Crippen molar-refractivity contribution in [3.8, 4) is 11.5 Å². The van der Waals surface area contributed by atoms with Crippen molar-refractivity contribution >= 4 is 23.6 Å². The van der Waals surface area contributed by atoms with Crippen LogP contribution in [0.5, 0.6) is 11.5 Å². The number of ether oxygens (including phenoxy) is 2. The van der Waals surface area contributed by atoms with Crippen molar-refractivity contribution in [2.45, 2.75) is 4.90 Å². The molecule has 2 rings (SSSR count). The van der Waals surface area contributed by atoms with E-state index in [1.165, 1.54) is 0 Å². The SMILES string of the molecule is COc1cccc(C=CC(=O)c2ccc(SC)c(OC)c2)c1. The zero-order chi connectivity index (χ0) is 15.9. The monoisotopic (exact) mass is 314 g/mol. The van der Waals surface area contributed by atoms with E-state index < -0.39 is 0 Å². The molecule has 2 aromatic rings. The molecular weight excluding hydrogens is 296 g/mol. The van der Waals surface area contributed by atoms with E-state index in [0.717, 1.165) is 16.2 Å². The van der Waals surface area contributed by atoms with E-state index in [1.807, 2.05) is 42.7 Å². The lowest BCUT2D eigenvalue weighted by Gasteiger charge is -2.07. The molecule has 0 bridgehead atoms. The van der Waals surface area contributed by atoms with E-state index in [2.05, 4.69) is 0 Å². The van der Waals surface area contributed by atoms with Gasteiger partial charge >= 0.3 is 0 Å². The Labute approximate surface area is 135 Å². The Balaban J connectivity index is 2.19. The van der Waals surface area contributed by atoms with E-state index in [1.54, 1.807) is 44.2 Å². The summed E-state index contributed by atoms with van der Waals surface area (Å²) in [5.41, 5.74) is 1.52. The third-order valence-electron chi connectivity index (χ3n) is 3.19. The van der Waals surface area contributed by atoms with E-state index >= 15 is 0 Å². The summed E-state index contributed by atoms with van der Waals surface area (Å²) >= 11 is 1.59. The van der Waals surface area contributed by atoms with Crippen LogP contribution in [0.15, 0.2) is 53.4 Å². The van der Waals surface area contributed by atoms with Crippen molar-refractivity contribution in [2.75, 3.05) is 20.5 Å². The van der Waals surface area contributed by atoms with Gasteiger partial charge in [-0.25, -0.2) is 0 Å². The summed E-state index contributed by atoms with van der Waals surface area (Å²) in [7, 11) is 3.23. The van der Waals surface area contributed by atoms with Crippen LogP contribution in [0.3, 0.4) is 0 Å². The third kappa shape index (κ3) is 3.92. The molecule has 0 saturated carbocycles. The van der Waals surface area contributed by atoms with Crippen LogP contribution in [0.4, 0.5) is 0 Å². The molecule has 2 aromatic carbocycles. The molecule has 4 heteroatoms. The highest BCUT2D eigenvalue weighted by molar-refractivity contribution is 7.98. The fourth-order valence-corrected chi connectivity index (χ4v) is 2.55. The highest BCUT2D eigenvalue weighted by Crippen LogP contribution is 2.28. The smallest absolute Gasteiger partial charge is 0.185 e. The van der Waals surface area contributed by atoms with Crippen LogP contribution >= 0.6 is 11.8 Å². The van der Waals surface area contributed by atoms with Gasteiger partial charge in [-0.05, 0) is 48.2 Å². The first-order valence-electron chi connectivity index (χ1n) is 6.76. The summed E-state index contributed by atoms with van der Waals surface area (Å²) in [5, 5.41) is 0. The van der Waals surface area contributed by atoms with E-state index in [9.17, 15) is 4.79 Å². The van der Waals surface area contributed by atoms with Gasteiger partial charge in [0.1, 0.15) is 11.5 Å². The second-order valence-corrected chi connectivity index (χ2v) is 5.39. The predicted octanol–water partition coefficient (Wildman–Crippen LogP) is 4.32. The van der Waals surface area contributed by atoms with Crippen LogP contribution < -0.4 is 9.47 Å². The number of hydrogen-bond donors (Lipinski definition) is 0. The molecule has 0 unspecified atom stereocenters. The van der Waals surface area contributed by atoms with E-state index in [4.69, 9.17) is 9.47 Å². The number of allylic oxidation sites excluding steroid dienone is 1. The lowest BCUT2D eigenvalue weighted by molar-refractivity contribution is 0.104. The van der Waals surface area contributed by atoms with Crippen LogP contribution in [0.2, 0.25) is 0 Å². The minimum atomic E-state index is -0.0613. The van der Waals surface area contributed by atoms with Crippen LogP contribution in [0, 0.1) is 0 Å². The molecule has 0 aliphatic rings. The largest absolute Gasteiger partial charge is 0.497 e. The quantitative estimate of drug-likeness (QED) is 0.452. The van der Waals surface area contributed by atoms with Crippen LogP contribution in [0.1, 0.15) is 15.9 Å². The maximum Gasteiger partial charge on any atom is 0.185 e. The first-order chi connectivity index (χ1) is 10.7. The molecule has 3 nitrogen and oxygen atoms in total. The zero-order valence-electron chi connectivity index (χ0n) is 12.8. The van der Waals surface area contributed by atoms with Gasteiger partial charge in [-0.3, -0.25) is 4.79 Å². The number of hydrogen-bond acceptors (Lipinski definition) is 4. The number of rotatable bonds is 6. The van der Waals surface area contributed by atoms with Gasteiger partial charge in [0.05, 0.1) is 14.2 Å². The Morgan fingerprint density at radius 1 is 1.09 bits per heavy atom. The normalized spacial score (nSPS) is 10.7. The fraction of sp³-hybridized carbons (Fsp3) is 0.167. The first kappa shape index (κ1) is 16.2. The zero-order valence-corrected chi connectivity index (χ0v) is 13.6. The minimum Gasteiger partial charge on any atom is -0.497 e. The number of ketones is 1. The summed E-state index contributed by atoms with van der Waals surface area (Å²) in [6.07, 6.45) is 5.31. The number of benzene rings is 2. The highest BCUT2D eigenvalue weighted by atomic mass is 32.2. The second-order valence-electron chi connectivity index (χ2n) is 4.54. The van der Waals surface area contributed by atoms with E-state index in [-0.39, 0.29) is 5.78 Å². The first-order valence-corrected chi connectivity index (χ1v) is 7.99. The van der Waals surface area contributed by atoms with Crippen LogP contribution in [0.25, 0.3) is 6.08 Å². The summed E-state index contributed by atoms with van der Waals surface area (Å²) in [5.74, 6) is 1.42. The average molecular weight is 314 g/mol. The summed E-state index contributed by atoms with van der Waals surface area (Å²) in [6.45, 7) is 0. The highest BCUT2D eigenvalue weighted by Gasteiger charge is 2.07. The fourth-order valence-electron chi connectivity index (χ4n) is 2.00. The van der Waals surface area contributed by atoms with Gasteiger partial charge in [-0.15, -0.1) is 11.8 Å². The second kappa shape index (κ2) is 7.71. The van der Waals surface area contributed by atoms with Crippen molar-refractivity contribution in [2.24, 2.45) is 0 Å². The summed E-state index contributed by atoms with van der Waals surface area (Å²) < 4.78 is 10.5. The van der Waals surface area contributed by atoms with Crippen LogP contribution in [-0.4, -0.2) is 26.3 Å². The van der Waals surface area contributed by atoms with Gasteiger partial charge in [0, 0.05) is 10.5 Å². The Bertz CT molecular complexity index is 692. The van der Waals surface area contributed by atoms with Crippen molar-refractivity contribution in [3.63, 3.8) is 0 Å². The summed E-state index contributed by atoms with van der Waals surface area (Å²) in [6, 6.07) is 13.0. The molecule has 0 amide bonds. The molecule has 0 spiro atoms. The third-order valence-corrected chi connectivity index (χ3v) is 3.97. The molecule has 0 fully saturated rings.